The molecule has 3 rings (SSSR count). The van der Waals surface area contributed by atoms with Crippen molar-refractivity contribution >= 4 is 17.5 Å². The largest absolute Gasteiger partial charge is 0.369 e. The van der Waals surface area contributed by atoms with E-state index < -0.39 is 11.6 Å². The van der Waals surface area contributed by atoms with Crippen LogP contribution < -0.4 is 11.0 Å². The fourth-order valence-corrected chi connectivity index (χ4v) is 2.62. The highest BCUT2D eigenvalue weighted by Gasteiger charge is 2.15. The summed E-state index contributed by atoms with van der Waals surface area (Å²) in [5, 5.41) is 10.5. The molecule has 0 aliphatic carbocycles. The zero-order chi connectivity index (χ0) is 18.7. The van der Waals surface area contributed by atoms with Crippen molar-refractivity contribution in [2.24, 2.45) is 0 Å². The van der Waals surface area contributed by atoms with Crippen molar-refractivity contribution in [1.82, 2.24) is 25.1 Å². The Morgan fingerprint density at radius 3 is 2.58 bits per heavy atom. The maximum Gasteiger partial charge on any atom is 0.369 e. The molecule has 1 N–H and O–H groups in total. The maximum atomic E-state index is 13.0. The Morgan fingerprint density at radius 2 is 1.88 bits per heavy atom. The number of benzene rings is 2. The summed E-state index contributed by atoms with van der Waals surface area (Å²) in [7, 11) is 0. The molecule has 0 unspecified atom stereocenters. The summed E-state index contributed by atoms with van der Waals surface area (Å²) < 4.78 is 14.9. The number of aromatic nitrogens is 4. The highest BCUT2D eigenvalue weighted by Crippen LogP contribution is 2.17. The number of amides is 1. The van der Waals surface area contributed by atoms with Crippen LogP contribution in [0.25, 0.3) is 5.69 Å². The summed E-state index contributed by atoms with van der Waals surface area (Å²) in [6, 6.07) is 12.1. The molecule has 1 atom stereocenters. The number of hydrogen-bond donors (Lipinski definition) is 1. The van der Waals surface area contributed by atoms with E-state index in [1.54, 1.807) is 43.3 Å². The van der Waals surface area contributed by atoms with Crippen LogP contribution >= 0.6 is 11.6 Å². The molecule has 134 valence electrons. The molecule has 7 nitrogen and oxygen atoms in total. The predicted molar refractivity (Wildman–Crippen MR) is 93.6 cm³/mol. The number of rotatable bonds is 5. The van der Waals surface area contributed by atoms with Crippen molar-refractivity contribution in [3.05, 3.63) is 75.4 Å². The number of carbonyl (C=O) groups excluding carboxylic acids is 1. The van der Waals surface area contributed by atoms with Crippen LogP contribution in [-0.2, 0) is 11.3 Å². The van der Waals surface area contributed by atoms with Crippen molar-refractivity contribution in [2.45, 2.75) is 19.5 Å². The Hall–Kier alpha value is -3.00. The van der Waals surface area contributed by atoms with Crippen LogP contribution in [-0.4, -0.2) is 25.7 Å². The summed E-state index contributed by atoms with van der Waals surface area (Å²) in [5.41, 5.74) is 0.542. The maximum absolute atomic E-state index is 13.0. The Kier molecular flexibility index (Phi) is 5.13. The number of nitrogens with zero attached hydrogens (tertiary/aromatic N) is 4. The lowest BCUT2D eigenvalue weighted by Gasteiger charge is -2.13. The van der Waals surface area contributed by atoms with Gasteiger partial charge in [-0.1, -0.05) is 35.9 Å². The molecule has 0 aliphatic heterocycles. The van der Waals surface area contributed by atoms with Crippen LogP contribution in [0.3, 0.4) is 0 Å². The van der Waals surface area contributed by atoms with Gasteiger partial charge in [-0.2, -0.15) is 9.36 Å². The molecule has 1 heterocycles. The minimum absolute atomic E-state index is 0.297. The summed E-state index contributed by atoms with van der Waals surface area (Å²) in [4.78, 5) is 24.6. The monoisotopic (exact) mass is 375 g/mol. The second-order valence-corrected chi connectivity index (χ2v) is 6.03. The second-order valence-electron chi connectivity index (χ2n) is 5.62. The van der Waals surface area contributed by atoms with Gasteiger partial charge in [-0.25, -0.2) is 9.18 Å². The first kappa shape index (κ1) is 17.8. The second kappa shape index (κ2) is 7.49. The first-order chi connectivity index (χ1) is 12.5. The van der Waals surface area contributed by atoms with Gasteiger partial charge >= 0.3 is 5.69 Å². The van der Waals surface area contributed by atoms with Crippen molar-refractivity contribution in [2.75, 3.05) is 0 Å². The van der Waals surface area contributed by atoms with E-state index in [1.165, 1.54) is 12.1 Å². The number of halogens is 2. The molecule has 0 bridgehead atoms. The minimum atomic E-state index is -0.581. The molecule has 2 aromatic carbocycles. The van der Waals surface area contributed by atoms with Gasteiger partial charge in [0, 0.05) is 0 Å². The number of tetrazole rings is 1. The molecule has 0 saturated heterocycles. The molecule has 1 amide bonds. The molecule has 0 aliphatic rings. The quantitative estimate of drug-likeness (QED) is 0.740. The van der Waals surface area contributed by atoms with Crippen molar-refractivity contribution < 1.29 is 9.18 Å². The lowest BCUT2D eigenvalue weighted by atomic mass is 10.1. The molecular formula is C17H15ClFN5O2. The van der Waals surface area contributed by atoms with Crippen LogP contribution in [0.4, 0.5) is 4.39 Å². The fourth-order valence-electron chi connectivity index (χ4n) is 2.41. The number of carbonyl (C=O) groups is 1. The van der Waals surface area contributed by atoms with Crippen molar-refractivity contribution in [3.63, 3.8) is 0 Å². The van der Waals surface area contributed by atoms with E-state index in [1.807, 2.05) is 0 Å². The van der Waals surface area contributed by atoms with E-state index in [9.17, 15) is 14.0 Å². The first-order valence-corrected chi connectivity index (χ1v) is 8.16. The Bertz CT molecular complexity index is 983. The molecule has 3 aromatic rings. The van der Waals surface area contributed by atoms with E-state index in [2.05, 4.69) is 15.7 Å². The van der Waals surface area contributed by atoms with Crippen molar-refractivity contribution in [1.29, 1.82) is 0 Å². The Balaban J connectivity index is 1.71. The third-order valence-corrected chi connectivity index (χ3v) is 4.08. The third-order valence-electron chi connectivity index (χ3n) is 3.76. The number of hydrogen-bond acceptors (Lipinski definition) is 4. The van der Waals surface area contributed by atoms with Gasteiger partial charge in [0.1, 0.15) is 12.4 Å². The summed E-state index contributed by atoms with van der Waals surface area (Å²) in [6.45, 7) is 1.46. The van der Waals surface area contributed by atoms with Gasteiger partial charge in [-0.15, -0.1) is 0 Å². The molecule has 0 radical (unpaired) electrons. The molecular weight excluding hydrogens is 361 g/mol. The number of para-hydroxylation sites is 1. The van der Waals surface area contributed by atoms with Crippen LogP contribution in [0.1, 0.15) is 18.5 Å². The fraction of sp³-hybridized carbons (Fsp3) is 0.176. The van der Waals surface area contributed by atoms with Gasteiger partial charge in [0.05, 0.1) is 16.8 Å². The average molecular weight is 376 g/mol. The Morgan fingerprint density at radius 1 is 1.19 bits per heavy atom. The smallest absolute Gasteiger partial charge is 0.348 e. The van der Waals surface area contributed by atoms with Gasteiger partial charge in [0.25, 0.3) is 0 Å². The SMILES string of the molecule is C[C@@H](NC(=O)Cn1nnn(-c2ccccc2Cl)c1=O)c1ccc(F)cc1. The normalized spacial score (nSPS) is 12.0. The van der Waals surface area contributed by atoms with Gasteiger partial charge in [-0.05, 0) is 47.2 Å². The first-order valence-electron chi connectivity index (χ1n) is 7.78. The molecule has 0 fully saturated rings. The predicted octanol–water partition coefficient (Wildman–Crippen LogP) is 2.10. The molecule has 1 aromatic heterocycles. The van der Waals surface area contributed by atoms with Gasteiger partial charge in [0.2, 0.25) is 5.91 Å². The van der Waals surface area contributed by atoms with Gasteiger partial charge in [-0.3, -0.25) is 4.79 Å². The Labute approximate surface area is 153 Å². The summed E-state index contributed by atoms with van der Waals surface area (Å²) in [6.07, 6.45) is 0. The zero-order valence-corrected chi connectivity index (χ0v) is 14.5. The standard InChI is InChI=1S/C17H15ClFN5O2/c1-11(12-6-8-13(19)9-7-12)20-16(25)10-23-17(26)24(22-21-23)15-5-3-2-4-14(15)18/h2-9,11H,10H2,1H3,(H,20,25)/t11-/m1/s1. The van der Waals surface area contributed by atoms with Crippen LogP contribution in [0, 0.1) is 5.82 Å². The average Bonchev–Trinajstić information content (AvgIpc) is 2.96. The van der Waals surface area contributed by atoms with E-state index >= 15 is 0 Å². The lowest BCUT2D eigenvalue weighted by Crippen LogP contribution is -2.34. The summed E-state index contributed by atoms with van der Waals surface area (Å²) >= 11 is 6.05. The summed E-state index contributed by atoms with van der Waals surface area (Å²) in [5.74, 6) is -0.773. The third kappa shape index (κ3) is 3.80. The highest BCUT2D eigenvalue weighted by molar-refractivity contribution is 6.32. The molecule has 0 spiro atoms. The topological polar surface area (TPSA) is 81.8 Å². The van der Waals surface area contributed by atoms with Crippen molar-refractivity contribution in [3.8, 4) is 5.69 Å². The van der Waals surface area contributed by atoms with Crippen LogP contribution in [0.5, 0.6) is 0 Å². The number of nitrogens with one attached hydrogen (secondary N) is 1. The van der Waals surface area contributed by atoms with E-state index in [0.29, 0.717) is 10.7 Å². The lowest BCUT2D eigenvalue weighted by molar-refractivity contribution is -0.122. The minimum Gasteiger partial charge on any atom is -0.348 e. The molecule has 9 heteroatoms. The van der Waals surface area contributed by atoms with E-state index in [-0.39, 0.29) is 18.4 Å². The van der Waals surface area contributed by atoms with Crippen LogP contribution in [0.15, 0.2) is 53.3 Å². The van der Waals surface area contributed by atoms with E-state index in [0.717, 1.165) is 14.9 Å². The zero-order valence-electron chi connectivity index (χ0n) is 13.8. The molecule has 0 saturated carbocycles. The van der Waals surface area contributed by atoms with Gasteiger partial charge < -0.3 is 5.32 Å². The van der Waals surface area contributed by atoms with Gasteiger partial charge in [0.15, 0.2) is 0 Å². The van der Waals surface area contributed by atoms with E-state index in [4.69, 9.17) is 11.6 Å². The highest BCUT2D eigenvalue weighted by atomic mass is 35.5. The van der Waals surface area contributed by atoms with Crippen LogP contribution in [0.2, 0.25) is 5.02 Å². The molecule has 26 heavy (non-hydrogen) atoms.